The molecule has 0 aliphatic carbocycles. The van der Waals surface area contributed by atoms with Crippen molar-refractivity contribution in [2.75, 3.05) is 19.7 Å². The van der Waals surface area contributed by atoms with E-state index in [1.807, 2.05) is 19.9 Å². The van der Waals surface area contributed by atoms with Gasteiger partial charge in [0.15, 0.2) is 0 Å². The topological polar surface area (TPSA) is 23.5 Å². The normalized spacial score (nSPS) is 14.9. The van der Waals surface area contributed by atoms with Crippen LogP contribution in [-0.4, -0.2) is 29.7 Å². The first-order chi connectivity index (χ1) is 8.20. The van der Waals surface area contributed by atoms with E-state index < -0.39 is 0 Å². The molecule has 2 rings (SSSR count). The lowest BCUT2D eigenvalue weighted by Gasteiger charge is -2.28. The van der Waals surface area contributed by atoms with Crippen molar-refractivity contribution >= 4 is 0 Å². The molecule has 0 atom stereocenters. The lowest BCUT2D eigenvalue weighted by atomic mass is 9.97. The van der Waals surface area contributed by atoms with Crippen molar-refractivity contribution < 1.29 is 9.50 Å². The number of hydrogen-bond donors (Lipinski definition) is 1. The molecule has 0 aromatic heterocycles. The van der Waals surface area contributed by atoms with E-state index in [2.05, 4.69) is 4.90 Å². The molecule has 1 aliphatic rings. The summed E-state index contributed by atoms with van der Waals surface area (Å²) >= 11 is 0. The highest BCUT2D eigenvalue weighted by atomic mass is 19.1. The summed E-state index contributed by atoms with van der Waals surface area (Å²) < 4.78 is 13.3. The van der Waals surface area contributed by atoms with Crippen molar-refractivity contribution in [3.8, 4) is 0 Å². The first-order valence-electron chi connectivity index (χ1n) is 6.32. The van der Waals surface area contributed by atoms with Crippen LogP contribution < -0.4 is 0 Å². The summed E-state index contributed by atoms with van der Waals surface area (Å²) in [6.45, 7) is 8.43. The number of nitrogens with zero attached hydrogens (tertiary/aromatic N) is 1. The highest BCUT2D eigenvalue weighted by molar-refractivity contribution is 5.34. The maximum absolute atomic E-state index is 13.3. The fourth-order valence-corrected chi connectivity index (χ4v) is 2.09. The Bertz CT molecular complexity index is 365. The molecule has 0 saturated carbocycles. The molecule has 3 heteroatoms. The molecule has 0 unspecified atom stereocenters. The summed E-state index contributed by atoms with van der Waals surface area (Å²) in [5, 5.41) is 8.86. The molecular formula is C14H22FNO. The molecule has 0 saturated heterocycles. The van der Waals surface area contributed by atoms with Crippen LogP contribution in [0.3, 0.4) is 0 Å². The van der Waals surface area contributed by atoms with Crippen LogP contribution in [-0.2, 0) is 13.0 Å². The Balaban J connectivity index is 0.000000686. The number of aliphatic hydroxyl groups is 1. The van der Waals surface area contributed by atoms with Gasteiger partial charge in [-0.2, -0.15) is 0 Å². The Kier molecular flexibility index (Phi) is 5.59. The van der Waals surface area contributed by atoms with Gasteiger partial charge in [0.1, 0.15) is 5.82 Å². The third-order valence-corrected chi connectivity index (χ3v) is 2.99. The van der Waals surface area contributed by atoms with Crippen LogP contribution in [0.2, 0.25) is 0 Å². The highest BCUT2D eigenvalue weighted by Crippen LogP contribution is 2.21. The van der Waals surface area contributed by atoms with Crippen molar-refractivity contribution in [3.05, 3.63) is 34.6 Å². The summed E-state index contributed by atoms with van der Waals surface area (Å²) in [5.74, 6) is -0.107. The zero-order valence-electron chi connectivity index (χ0n) is 11.0. The number of β-amino-alcohol motifs (C(OH)–C–C–N with tert-alkyl or cyclic N) is 1. The number of hydrogen-bond acceptors (Lipinski definition) is 2. The molecule has 0 spiro atoms. The Morgan fingerprint density at radius 2 is 2.00 bits per heavy atom. The van der Waals surface area contributed by atoms with E-state index in [1.165, 1.54) is 5.56 Å². The van der Waals surface area contributed by atoms with Gasteiger partial charge < -0.3 is 5.11 Å². The fraction of sp³-hybridized carbons (Fsp3) is 0.571. The predicted molar refractivity (Wildman–Crippen MR) is 68.6 cm³/mol. The van der Waals surface area contributed by atoms with E-state index >= 15 is 0 Å². The number of aryl methyl sites for hydroxylation is 1. The molecule has 17 heavy (non-hydrogen) atoms. The third kappa shape index (κ3) is 3.51. The van der Waals surface area contributed by atoms with Crippen molar-refractivity contribution in [1.29, 1.82) is 0 Å². The molecule has 1 aromatic rings. The van der Waals surface area contributed by atoms with Crippen LogP contribution in [0.15, 0.2) is 12.1 Å². The van der Waals surface area contributed by atoms with Crippen LogP contribution in [0.1, 0.15) is 30.5 Å². The number of aliphatic hydroxyl groups excluding tert-OH is 1. The number of halogens is 1. The van der Waals surface area contributed by atoms with Gasteiger partial charge in [-0.05, 0) is 36.1 Å². The second-order valence-corrected chi connectivity index (χ2v) is 4.12. The summed E-state index contributed by atoms with van der Waals surface area (Å²) in [4.78, 5) is 2.19. The molecule has 1 aliphatic heterocycles. The smallest absolute Gasteiger partial charge is 0.126 e. The average Bonchev–Trinajstić information content (AvgIpc) is 2.34. The first kappa shape index (κ1) is 14.1. The maximum atomic E-state index is 13.3. The van der Waals surface area contributed by atoms with Gasteiger partial charge in [0, 0.05) is 19.6 Å². The van der Waals surface area contributed by atoms with Crippen molar-refractivity contribution in [2.45, 2.75) is 33.7 Å². The van der Waals surface area contributed by atoms with Crippen LogP contribution in [0.5, 0.6) is 0 Å². The Hall–Kier alpha value is -0.930. The van der Waals surface area contributed by atoms with E-state index in [4.69, 9.17) is 5.11 Å². The molecule has 0 amide bonds. The van der Waals surface area contributed by atoms with Crippen molar-refractivity contribution in [3.63, 3.8) is 0 Å². The number of fused-ring (bicyclic) bond motifs is 1. The monoisotopic (exact) mass is 239 g/mol. The zero-order chi connectivity index (χ0) is 12.8. The van der Waals surface area contributed by atoms with Crippen LogP contribution in [0, 0.1) is 12.7 Å². The molecule has 1 N–H and O–H groups in total. The largest absolute Gasteiger partial charge is 0.395 e. The molecule has 2 nitrogen and oxygen atoms in total. The lowest BCUT2D eigenvalue weighted by molar-refractivity contribution is 0.184. The van der Waals surface area contributed by atoms with Gasteiger partial charge >= 0.3 is 0 Å². The van der Waals surface area contributed by atoms with E-state index in [1.54, 1.807) is 13.0 Å². The van der Waals surface area contributed by atoms with Crippen LogP contribution in [0.4, 0.5) is 4.39 Å². The summed E-state index contributed by atoms with van der Waals surface area (Å²) in [6.07, 6.45) is 0.881. The van der Waals surface area contributed by atoms with E-state index in [-0.39, 0.29) is 12.4 Å². The first-order valence-corrected chi connectivity index (χ1v) is 6.32. The van der Waals surface area contributed by atoms with Gasteiger partial charge in [0.25, 0.3) is 0 Å². The Labute approximate surface area is 103 Å². The summed E-state index contributed by atoms with van der Waals surface area (Å²) in [5.41, 5.74) is 3.03. The predicted octanol–water partition coefficient (Wildman–Crippen LogP) is 2.51. The van der Waals surface area contributed by atoms with Crippen LogP contribution >= 0.6 is 0 Å². The minimum absolute atomic E-state index is 0.107. The zero-order valence-corrected chi connectivity index (χ0v) is 11.0. The van der Waals surface area contributed by atoms with Gasteiger partial charge in [-0.3, -0.25) is 4.90 Å². The van der Waals surface area contributed by atoms with Gasteiger partial charge in [0.05, 0.1) is 6.61 Å². The average molecular weight is 239 g/mol. The van der Waals surface area contributed by atoms with Gasteiger partial charge in [-0.25, -0.2) is 4.39 Å². The van der Waals surface area contributed by atoms with Gasteiger partial charge in [-0.15, -0.1) is 0 Å². The standard InChI is InChI=1S/C12H16FNO.C2H6/c1-9-6-11-8-14(4-5-15)3-2-10(11)7-12(9)13;1-2/h6-7,15H,2-5,8H2,1H3;1-2H3. The Morgan fingerprint density at radius 1 is 1.29 bits per heavy atom. The van der Waals surface area contributed by atoms with Crippen molar-refractivity contribution in [1.82, 2.24) is 4.90 Å². The summed E-state index contributed by atoms with van der Waals surface area (Å²) in [7, 11) is 0. The second kappa shape index (κ2) is 6.72. The minimum atomic E-state index is -0.107. The van der Waals surface area contributed by atoms with E-state index in [0.29, 0.717) is 12.1 Å². The Morgan fingerprint density at radius 3 is 2.65 bits per heavy atom. The quantitative estimate of drug-likeness (QED) is 0.857. The SMILES string of the molecule is CC.Cc1cc2c(cc1F)CCN(CCO)C2. The molecule has 1 heterocycles. The third-order valence-electron chi connectivity index (χ3n) is 2.99. The number of benzene rings is 1. The lowest BCUT2D eigenvalue weighted by Crippen LogP contribution is -2.32. The molecular weight excluding hydrogens is 217 g/mol. The van der Waals surface area contributed by atoms with Crippen LogP contribution in [0.25, 0.3) is 0 Å². The van der Waals surface area contributed by atoms with E-state index in [0.717, 1.165) is 25.1 Å². The maximum Gasteiger partial charge on any atom is 0.126 e. The van der Waals surface area contributed by atoms with Crippen molar-refractivity contribution in [2.24, 2.45) is 0 Å². The molecule has 0 bridgehead atoms. The number of rotatable bonds is 2. The van der Waals surface area contributed by atoms with Gasteiger partial charge in [-0.1, -0.05) is 19.9 Å². The molecule has 0 radical (unpaired) electrons. The molecule has 0 fully saturated rings. The van der Waals surface area contributed by atoms with E-state index in [9.17, 15) is 4.39 Å². The van der Waals surface area contributed by atoms with Gasteiger partial charge in [0.2, 0.25) is 0 Å². The molecule has 96 valence electrons. The second-order valence-electron chi connectivity index (χ2n) is 4.12. The molecule has 1 aromatic carbocycles. The highest BCUT2D eigenvalue weighted by Gasteiger charge is 2.16. The minimum Gasteiger partial charge on any atom is -0.395 e. The summed E-state index contributed by atoms with van der Waals surface area (Å²) in [6, 6.07) is 3.58. The fourth-order valence-electron chi connectivity index (χ4n) is 2.09.